The Morgan fingerprint density at radius 2 is 1.16 bits per heavy atom. The van der Waals surface area contributed by atoms with Crippen molar-refractivity contribution in [1.29, 1.82) is 0 Å². The summed E-state index contributed by atoms with van der Waals surface area (Å²) < 4.78 is 43.2. The van der Waals surface area contributed by atoms with Crippen LogP contribution in [0.25, 0.3) is 0 Å². The van der Waals surface area contributed by atoms with Crippen LogP contribution in [0.1, 0.15) is 22.3 Å². The predicted molar refractivity (Wildman–Crippen MR) is 213 cm³/mol. The molecule has 3 saturated heterocycles. The van der Waals surface area contributed by atoms with Gasteiger partial charge in [0.25, 0.3) is 5.91 Å². The quantitative estimate of drug-likeness (QED) is 0.0706. The summed E-state index contributed by atoms with van der Waals surface area (Å²) in [4.78, 5) is 15.5. The lowest BCUT2D eigenvalue weighted by Crippen LogP contribution is -2.68. The molecule has 4 aliphatic rings. The minimum atomic E-state index is -1.56. The summed E-state index contributed by atoms with van der Waals surface area (Å²) in [6, 6.07) is 13.9. The molecule has 19 atom stereocenters. The molecule has 0 radical (unpaired) electrons. The maximum Gasteiger partial charge on any atom is 0.253 e. The van der Waals surface area contributed by atoms with Crippen LogP contribution in [0.3, 0.4) is 0 Å². The molecule has 0 aromatic heterocycles. The Morgan fingerprint density at radius 3 is 1.77 bits per heavy atom. The molecule has 2 aromatic rings. The van der Waals surface area contributed by atoms with Crippen molar-refractivity contribution in [3.05, 3.63) is 71.8 Å². The third-order valence-electron chi connectivity index (χ3n) is 11.8. The van der Waals surface area contributed by atoms with E-state index in [1.807, 2.05) is 30.3 Å². The molecule has 4 fully saturated rings. The van der Waals surface area contributed by atoms with Crippen molar-refractivity contribution in [1.82, 2.24) is 4.90 Å². The third kappa shape index (κ3) is 10.9. The molecule has 0 spiro atoms. The van der Waals surface area contributed by atoms with Gasteiger partial charge in [0.2, 0.25) is 0 Å². The van der Waals surface area contributed by atoms with Crippen LogP contribution in [-0.4, -0.2) is 202 Å². The van der Waals surface area contributed by atoms with Crippen LogP contribution in [-0.2, 0) is 39.6 Å². The van der Waals surface area contributed by atoms with Gasteiger partial charge in [0.15, 0.2) is 18.9 Å². The minimum absolute atomic E-state index is 0.0420. The van der Waals surface area contributed by atoms with Crippen molar-refractivity contribution in [2.24, 2.45) is 28.7 Å². The first-order valence-corrected chi connectivity index (χ1v) is 20.5. The van der Waals surface area contributed by atoms with Crippen molar-refractivity contribution in [2.75, 3.05) is 39.5 Å². The van der Waals surface area contributed by atoms with E-state index in [4.69, 9.17) is 61.8 Å². The van der Waals surface area contributed by atoms with Crippen LogP contribution >= 0.6 is 0 Å². The first-order valence-electron chi connectivity index (χ1n) is 20.5. The maximum absolute atomic E-state index is 13.8. The Morgan fingerprint density at radius 1 is 0.623 bits per heavy atom. The molecule has 2 aromatic carbocycles. The van der Waals surface area contributed by atoms with Crippen LogP contribution in [0.5, 0.6) is 0 Å². The fourth-order valence-corrected chi connectivity index (χ4v) is 8.14. The van der Waals surface area contributed by atoms with E-state index in [9.17, 15) is 40.5 Å². The monoisotopic (exact) mass is 866 g/mol. The third-order valence-corrected chi connectivity index (χ3v) is 11.8. The summed E-state index contributed by atoms with van der Waals surface area (Å²) in [5, 5.41) is 74.2. The van der Waals surface area contributed by atoms with E-state index in [-0.39, 0.29) is 32.0 Å². The van der Waals surface area contributed by atoms with Crippen molar-refractivity contribution in [2.45, 2.75) is 129 Å². The van der Waals surface area contributed by atoms with E-state index in [0.29, 0.717) is 18.5 Å². The van der Waals surface area contributed by atoms with E-state index >= 15 is 0 Å². The normalized spacial score (nSPS) is 40.5. The van der Waals surface area contributed by atoms with Gasteiger partial charge in [-0.1, -0.05) is 48.5 Å². The average molecular weight is 867 g/mol. The molecule has 1 aliphatic carbocycles. The number of carbonyl (C=O) groups is 1. The summed E-state index contributed by atoms with van der Waals surface area (Å²) in [6.45, 7) is -1.28. The summed E-state index contributed by atoms with van der Waals surface area (Å²) in [5.74, 6) is -0.254. The number of hydrogen-bond donors (Lipinski definition) is 12. The standard InChI is InChI=1S/C40H62N6O15/c41-16-23-29(50)31(52)26(44)38(56-23)60-34-25(18-48)58-40(36(34)55-14-13-46(12-11-19-7-3-1-4-8-19)37(54)20-9-5-2-6-10-20)61-35-28(49)21(42)15-22(43)33(35)59-39-27(45)32(53)30(51)24(17-47)57-39/h1-10,21-36,38-40,47-53H,11-18,41-45H2/t21-,22+,23+,24-,25-,26-,27-,28+,29-,30-,31-,32-,33-,34-,35-,36-,38-,39-,40+/m1/s1. The van der Waals surface area contributed by atoms with Gasteiger partial charge in [-0.25, -0.2) is 0 Å². The lowest BCUT2D eigenvalue weighted by atomic mass is 9.84. The van der Waals surface area contributed by atoms with Gasteiger partial charge in [-0.3, -0.25) is 4.79 Å². The number of ether oxygens (including phenoxy) is 7. The molecule has 6 rings (SSSR count). The van der Waals surface area contributed by atoms with Crippen molar-refractivity contribution in [3.8, 4) is 0 Å². The molecule has 1 saturated carbocycles. The Hall–Kier alpha value is -2.85. The summed E-state index contributed by atoms with van der Waals surface area (Å²) in [5.41, 5.74) is 32.6. The SMILES string of the molecule is NC[C@@H]1O[C@H](O[C@H]2[C@@H](OCCN(CCc3ccccc3)C(=O)c3ccccc3)[C@H](O[C@@H]3[C@@H](O)[C@H](N)C[C@H](N)[C@H]3O[C@H]3O[C@H](CO)[C@@H](O)[C@H](O)[C@H]3N)O[C@@H]2CO)[C@H](N)[C@@H](O)[C@@H]1O. The zero-order valence-electron chi connectivity index (χ0n) is 33.6. The number of benzene rings is 2. The highest BCUT2D eigenvalue weighted by atomic mass is 16.8. The zero-order valence-corrected chi connectivity index (χ0v) is 33.6. The van der Waals surface area contributed by atoms with Crippen LogP contribution in [0, 0.1) is 0 Å². The van der Waals surface area contributed by atoms with E-state index in [0.717, 1.165) is 5.56 Å². The molecular weight excluding hydrogens is 804 g/mol. The first kappa shape index (κ1) is 47.6. The fraction of sp³-hybridized carbons (Fsp3) is 0.675. The van der Waals surface area contributed by atoms with Crippen LogP contribution in [0.15, 0.2) is 60.7 Å². The first-order chi connectivity index (χ1) is 29.3. The fourth-order valence-electron chi connectivity index (χ4n) is 8.14. The number of amides is 1. The van der Waals surface area contributed by atoms with Gasteiger partial charge in [-0.2, -0.15) is 0 Å². The highest BCUT2D eigenvalue weighted by molar-refractivity contribution is 5.94. The van der Waals surface area contributed by atoms with Crippen molar-refractivity contribution >= 4 is 5.91 Å². The van der Waals surface area contributed by atoms with Gasteiger partial charge in [0.1, 0.15) is 67.1 Å². The number of rotatable bonds is 17. The molecule has 3 aliphatic heterocycles. The lowest BCUT2D eigenvalue weighted by molar-refractivity contribution is -0.312. The molecule has 61 heavy (non-hydrogen) atoms. The highest BCUT2D eigenvalue weighted by Gasteiger charge is 2.55. The second-order valence-electron chi connectivity index (χ2n) is 15.9. The van der Waals surface area contributed by atoms with Crippen LogP contribution in [0.4, 0.5) is 0 Å². The van der Waals surface area contributed by atoms with Gasteiger partial charge >= 0.3 is 0 Å². The van der Waals surface area contributed by atoms with E-state index in [2.05, 4.69) is 0 Å². The Balaban J connectivity index is 1.27. The molecule has 0 unspecified atom stereocenters. The van der Waals surface area contributed by atoms with Gasteiger partial charge in [0, 0.05) is 37.3 Å². The second-order valence-corrected chi connectivity index (χ2v) is 15.9. The zero-order chi connectivity index (χ0) is 44.0. The number of hydrogen-bond acceptors (Lipinski definition) is 20. The molecule has 3 heterocycles. The Labute approximate surface area is 353 Å². The van der Waals surface area contributed by atoms with Crippen molar-refractivity contribution in [3.63, 3.8) is 0 Å². The molecular formula is C40H62N6O15. The average Bonchev–Trinajstić information content (AvgIpc) is 3.60. The van der Waals surface area contributed by atoms with E-state index in [1.54, 1.807) is 35.2 Å². The molecule has 21 nitrogen and oxygen atoms in total. The number of carbonyl (C=O) groups excluding carboxylic acids is 1. The van der Waals surface area contributed by atoms with Gasteiger partial charge < -0.3 is 102 Å². The lowest BCUT2D eigenvalue weighted by Gasteiger charge is -2.47. The van der Waals surface area contributed by atoms with Gasteiger partial charge in [0.05, 0.1) is 38.0 Å². The van der Waals surface area contributed by atoms with Crippen LogP contribution < -0.4 is 28.7 Å². The van der Waals surface area contributed by atoms with Crippen LogP contribution in [0.2, 0.25) is 0 Å². The number of aliphatic hydroxyl groups excluding tert-OH is 7. The Bertz CT molecular complexity index is 1640. The Kier molecular flexibility index (Phi) is 16.9. The van der Waals surface area contributed by atoms with E-state index < -0.39 is 129 Å². The van der Waals surface area contributed by atoms with Crippen molar-refractivity contribution < 1.29 is 73.7 Å². The summed E-state index contributed by atoms with van der Waals surface area (Å²) >= 11 is 0. The topological polar surface area (TPSA) is 357 Å². The number of nitrogens with two attached hydrogens (primary N) is 5. The molecule has 342 valence electrons. The van der Waals surface area contributed by atoms with Gasteiger partial charge in [-0.05, 0) is 30.5 Å². The minimum Gasteiger partial charge on any atom is -0.394 e. The predicted octanol–water partition coefficient (Wildman–Crippen LogP) is -5.45. The number of aliphatic hydroxyl groups is 7. The maximum atomic E-state index is 13.8. The second kappa shape index (κ2) is 21.7. The van der Waals surface area contributed by atoms with E-state index in [1.165, 1.54) is 0 Å². The molecule has 21 heteroatoms. The molecule has 1 amide bonds. The molecule has 0 bridgehead atoms. The molecule has 17 N–H and O–H groups in total. The summed E-state index contributed by atoms with van der Waals surface area (Å²) in [7, 11) is 0. The van der Waals surface area contributed by atoms with Gasteiger partial charge in [-0.15, -0.1) is 0 Å². The highest BCUT2D eigenvalue weighted by Crippen LogP contribution is 2.35. The largest absolute Gasteiger partial charge is 0.394 e. The number of nitrogens with zero attached hydrogens (tertiary/aromatic N) is 1. The summed E-state index contributed by atoms with van der Waals surface area (Å²) in [6.07, 6.45) is -19.9. The smallest absolute Gasteiger partial charge is 0.253 e.